The quantitative estimate of drug-likeness (QED) is 0.807. The lowest BCUT2D eigenvalue weighted by molar-refractivity contribution is 0.150. The lowest BCUT2D eigenvalue weighted by Crippen LogP contribution is -2.44. The highest BCUT2D eigenvalue weighted by Gasteiger charge is 2.39. The summed E-state index contributed by atoms with van der Waals surface area (Å²) in [6, 6.07) is 6.66. The molecule has 0 saturated carbocycles. The van der Waals surface area contributed by atoms with Crippen molar-refractivity contribution in [3.05, 3.63) is 29.3 Å². The van der Waals surface area contributed by atoms with Crippen LogP contribution < -0.4 is 4.74 Å². The molecule has 19 heavy (non-hydrogen) atoms. The van der Waals surface area contributed by atoms with Gasteiger partial charge in [-0.1, -0.05) is 19.1 Å². The number of hydrogen-bond donors (Lipinski definition) is 0. The third-order valence-corrected chi connectivity index (χ3v) is 5.27. The SMILES string of the molecule is CCN1CCC2(CCCc3c(OC)cccc32)CC1. The van der Waals surface area contributed by atoms with Crippen LogP contribution in [-0.4, -0.2) is 31.6 Å². The fourth-order valence-electron chi connectivity index (χ4n) is 4.07. The third kappa shape index (κ3) is 2.16. The molecule has 0 N–H and O–H groups in total. The summed E-state index contributed by atoms with van der Waals surface area (Å²) in [5, 5.41) is 0. The second-order valence-electron chi connectivity index (χ2n) is 6.05. The molecule has 3 rings (SSSR count). The van der Waals surface area contributed by atoms with Gasteiger partial charge in [0, 0.05) is 0 Å². The lowest BCUT2D eigenvalue weighted by atomic mass is 9.64. The smallest absolute Gasteiger partial charge is 0.122 e. The first-order chi connectivity index (χ1) is 9.29. The molecule has 1 aliphatic carbocycles. The van der Waals surface area contributed by atoms with Crippen molar-refractivity contribution >= 4 is 0 Å². The Labute approximate surface area is 116 Å². The fourth-order valence-corrected chi connectivity index (χ4v) is 4.07. The third-order valence-electron chi connectivity index (χ3n) is 5.27. The van der Waals surface area contributed by atoms with Gasteiger partial charge in [0.1, 0.15) is 5.75 Å². The van der Waals surface area contributed by atoms with Crippen LogP contribution in [0.3, 0.4) is 0 Å². The molecule has 0 bridgehead atoms. The van der Waals surface area contributed by atoms with E-state index in [0.717, 1.165) is 5.75 Å². The van der Waals surface area contributed by atoms with Gasteiger partial charge in [0.2, 0.25) is 0 Å². The van der Waals surface area contributed by atoms with Crippen molar-refractivity contribution in [2.45, 2.75) is 44.4 Å². The molecule has 0 unspecified atom stereocenters. The van der Waals surface area contributed by atoms with Crippen LogP contribution in [0.1, 0.15) is 43.7 Å². The van der Waals surface area contributed by atoms with E-state index in [1.54, 1.807) is 12.7 Å². The summed E-state index contributed by atoms with van der Waals surface area (Å²) >= 11 is 0. The largest absolute Gasteiger partial charge is 0.496 e. The zero-order valence-electron chi connectivity index (χ0n) is 12.2. The van der Waals surface area contributed by atoms with E-state index in [1.165, 1.54) is 57.3 Å². The molecule has 1 spiro atoms. The standard InChI is InChI=1S/C17H25NO/c1-3-18-12-10-17(11-13-18)9-5-6-14-15(17)7-4-8-16(14)19-2/h4,7-8H,3,5-6,9-13H2,1-2H3. The second-order valence-corrected chi connectivity index (χ2v) is 6.05. The normalized spacial score (nSPS) is 22.2. The molecule has 2 heteroatoms. The van der Waals surface area contributed by atoms with Crippen molar-refractivity contribution in [1.82, 2.24) is 4.90 Å². The zero-order valence-corrected chi connectivity index (χ0v) is 12.2. The summed E-state index contributed by atoms with van der Waals surface area (Å²) in [6.45, 7) is 5.98. The van der Waals surface area contributed by atoms with Gasteiger partial charge in [0.15, 0.2) is 0 Å². The molecule has 2 aliphatic rings. The summed E-state index contributed by atoms with van der Waals surface area (Å²) < 4.78 is 5.58. The first-order valence-corrected chi connectivity index (χ1v) is 7.68. The second kappa shape index (κ2) is 5.16. The summed E-state index contributed by atoms with van der Waals surface area (Å²) in [4.78, 5) is 2.58. The van der Waals surface area contributed by atoms with Gasteiger partial charge in [-0.15, -0.1) is 0 Å². The van der Waals surface area contributed by atoms with E-state index in [9.17, 15) is 0 Å². The average Bonchev–Trinajstić information content (AvgIpc) is 2.48. The number of ether oxygens (including phenoxy) is 1. The molecule has 104 valence electrons. The molecule has 0 atom stereocenters. The van der Waals surface area contributed by atoms with Crippen LogP contribution in [0.5, 0.6) is 5.75 Å². The molecule has 0 aromatic heterocycles. The highest BCUT2D eigenvalue weighted by Crippen LogP contribution is 2.46. The molecule has 1 heterocycles. The van der Waals surface area contributed by atoms with Crippen molar-refractivity contribution in [1.29, 1.82) is 0 Å². The topological polar surface area (TPSA) is 12.5 Å². The molecular weight excluding hydrogens is 234 g/mol. The highest BCUT2D eigenvalue weighted by atomic mass is 16.5. The van der Waals surface area contributed by atoms with Gasteiger partial charge in [-0.05, 0) is 74.3 Å². The maximum absolute atomic E-state index is 5.58. The van der Waals surface area contributed by atoms with Gasteiger partial charge in [0.05, 0.1) is 7.11 Å². The Morgan fingerprint density at radius 2 is 2.00 bits per heavy atom. The number of hydrogen-bond acceptors (Lipinski definition) is 2. The highest BCUT2D eigenvalue weighted by molar-refractivity contribution is 5.46. The maximum atomic E-state index is 5.58. The number of methoxy groups -OCH3 is 1. The van der Waals surface area contributed by atoms with Gasteiger partial charge in [-0.2, -0.15) is 0 Å². The number of piperidine rings is 1. The molecule has 0 amide bonds. The van der Waals surface area contributed by atoms with Gasteiger partial charge in [0.25, 0.3) is 0 Å². The summed E-state index contributed by atoms with van der Waals surface area (Å²) in [7, 11) is 1.80. The van der Waals surface area contributed by atoms with Crippen molar-refractivity contribution in [3.8, 4) is 5.75 Å². The van der Waals surface area contributed by atoms with Crippen LogP contribution in [0.2, 0.25) is 0 Å². The summed E-state index contributed by atoms with van der Waals surface area (Å²) in [5.41, 5.74) is 3.52. The van der Waals surface area contributed by atoms with Gasteiger partial charge < -0.3 is 9.64 Å². The zero-order chi connectivity index (χ0) is 13.3. The molecule has 1 aliphatic heterocycles. The summed E-state index contributed by atoms with van der Waals surface area (Å²) in [5.74, 6) is 1.11. The van der Waals surface area contributed by atoms with E-state index in [1.807, 2.05) is 0 Å². The van der Waals surface area contributed by atoms with Gasteiger partial charge in [-0.3, -0.25) is 0 Å². The van der Waals surface area contributed by atoms with Gasteiger partial charge in [-0.25, -0.2) is 0 Å². The Hall–Kier alpha value is -1.02. The number of rotatable bonds is 2. The number of benzene rings is 1. The first-order valence-electron chi connectivity index (χ1n) is 7.68. The van der Waals surface area contributed by atoms with Crippen LogP contribution >= 0.6 is 0 Å². The van der Waals surface area contributed by atoms with Crippen molar-refractivity contribution in [2.75, 3.05) is 26.7 Å². The Balaban J connectivity index is 1.94. The number of likely N-dealkylation sites (tertiary alicyclic amines) is 1. The minimum absolute atomic E-state index is 0.438. The Morgan fingerprint density at radius 3 is 2.68 bits per heavy atom. The van der Waals surface area contributed by atoms with Gasteiger partial charge >= 0.3 is 0 Å². The Kier molecular flexibility index (Phi) is 3.53. The van der Waals surface area contributed by atoms with Crippen molar-refractivity contribution in [3.63, 3.8) is 0 Å². The minimum atomic E-state index is 0.438. The average molecular weight is 259 g/mol. The van der Waals surface area contributed by atoms with Crippen LogP contribution in [0.4, 0.5) is 0 Å². The molecular formula is C17H25NO. The van der Waals surface area contributed by atoms with Crippen molar-refractivity contribution in [2.24, 2.45) is 0 Å². The van der Waals surface area contributed by atoms with E-state index in [4.69, 9.17) is 4.74 Å². The maximum Gasteiger partial charge on any atom is 0.122 e. The molecule has 1 aromatic rings. The molecule has 2 nitrogen and oxygen atoms in total. The number of fused-ring (bicyclic) bond motifs is 2. The van der Waals surface area contributed by atoms with Crippen molar-refractivity contribution < 1.29 is 4.74 Å². The Bertz CT molecular complexity index is 447. The van der Waals surface area contributed by atoms with Crippen LogP contribution in [0.25, 0.3) is 0 Å². The lowest BCUT2D eigenvalue weighted by Gasteiger charge is -2.45. The van der Waals surface area contributed by atoms with E-state index in [2.05, 4.69) is 30.0 Å². The van der Waals surface area contributed by atoms with Crippen LogP contribution in [0, 0.1) is 0 Å². The minimum Gasteiger partial charge on any atom is -0.496 e. The van der Waals surface area contributed by atoms with E-state index >= 15 is 0 Å². The monoisotopic (exact) mass is 259 g/mol. The molecule has 1 fully saturated rings. The van der Waals surface area contributed by atoms with E-state index in [-0.39, 0.29) is 0 Å². The molecule has 1 aromatic carbocycles. The molecule has 0 radical (unpaired) electrons. The predicted molar refractivity (Wildman–Crippen MR) is 79.0 cm³/mol. The molecule has 1 saturated heterocycles. The first kappa shape index (κ1) is 13.0. The summed E-state index contributed by atoms with van der Waals surface area (Å²) in [6.07, 6.45) is 6.52. The number of nitrogens with zero attached hydrogens (tertiary/aromatic N) is 1. The Morgan fingerprint density at radius 1 is 1.21 bits per heavy atom. The fraction of sp³-hybridized carbons (Fsp3) is 0.647. The van der Waals surface area contributed by atoms with E-state index < -0.39 is 0 Å². The predicted octanol–water partition coefficient (Wildman–Crippen LogP) is 3.39. The van der Waals surface area contributed by atoms with E-state index in [0.29, 0.717) is 5.41 Å². The van der Waals surface area contributed by atoms with Crippen LogP contribution in [-0.2, 0) is 11.8 Å². The van der Waals surface area contributed by atoms with Crippen LogP contribution in [0.15, 0.2) is 18.2 Å².